The molecule has 5 aromatic heterocycles. The first-order valence-corrected chi connectivity index (χ1v) is 18.9. The van der Waals surface area contributed by atoms with Gasteiger partial charge in [-0.25, -0.2) is 34.3 Å². The van der Waals surface area contributed by atoms with Crippen molar-refractivity contribution in [1.29, 1.82) is 0 Å². The molecule has 0 aliphatic heterocycles. The van der Waals surface area contributed by atoms with Gasteiger partial charge in [0.15, 0.2) is 23.3 Å². The molecule has 0 atom stereocenters. The van der Waals surface area contributed by atoms with Gasteiger partial charge in [0, 0.05) is 30.1 Å². The number of aryl methyl sites for hydroxylation is 1. The molecule has 328 valence electrons. The quantitative estimate of drug-likeness (QED) is 0.126. The number of nitrogens with one attached hydrogen (secondary N) is 2. The van der Waals surface area contributed by atoms with Crippen molar-refractivity contribution < 1.29 is 49.8 Å². The van der Waals surface area contributed by atoms with E-state index >= 15 is 0 Å². The van der Waals surface area contributed by atoms with Crippen LogP contribution >= 0.6 is 0 Å². The molecule has 0 fully saturated rings. The summed E-state index contributed by atoms with van der Waals surface area (Å²) in [6.45, 7) is 5.98. The zero-order valence-electron chi connectivity index (χ0n) is 33.5. The molecule has 8 rings (SSSR count). The molecule has 0 aliphatic rings. The number of hydrogen-bond acceptors (Lipinski definition) is 11. The maximum absolute atomic E-state index is 13.8. The van der Waals surface area contributed by atoms with E-state index in [0.29, 0.717) is 35.8 Å². The number of amides is 2. The number of carbonyl (C=O) groups excluding carboxylic acids is 2. The van der Waals surface area contributed by atoms with Crippen molar-refractivity contribution in [2.75, 3.05) is 23.8 Å². The average Bonchev–Trinajstić information content (AvgIpc) is 3.85. The third-order valence-corrected chi connectivity index (χ3v) is 8.98. The van der Waals surface area contributed by atoms with Gasteiger partial charge in [0.05, 0.1) is 65.6 Å². The monoisotopic (exact) mass is 887 g/mol. The van der Waals surface area contributed by atoms with Crippen LogP contribution in [0.2, 0.25) is 0 Å². The van der Waals surface area contributed by atoms with Crippen LogP contribution in [0.4, 0.5) is 42.4 Å². The molecule has 0 spiro atoms. The maximum Gasteiger partial charge on any atom is 0.450 e. The Balaban J connectivity index is 0.000000191. The molecule has 0 bridgehead atoms. The van der Waals surface area contributed by atoms with Crippen LogP contribution in [0.3, 0.4) is 0 Å². The van der Waals surface area contributed by atoms with Gasteiger partial charge in [-0.1, -0.05) is 12.1 Å². The van der Waals surface area contributed by atoms with E-state index in [9.17, 15) is 40.3 Å². The molecule has 0 radical (unpaired) electrons. The normalized spacial score (nSPS) is 11.5. The fourth-order valence-corrected chi connectivity index (χ4v) is 6.22. The molecule has 0 saturated carbocycles. The van der Waals surface area contributed by atoms with Crippen LogP contribution in [0, 0.1) is 12.7 Å². The van der Waals surface area contributed by atoms with E-state index in [0.717, 1.165) is 33.8 Å². The summed E-state index contributed by atoms with van der Waals surface area (Å²) in [6.07, 6.45) is -1.99. The van der Waals surface area contributed by atoms with Gasteiger partial charge in [-0.3, -0.25) is 23.7 Å². The Hall–Kier alpha value is -8.04. The van der Waals surface area contributed by atoms with Crippen LogP contribution in [-0.4, -0.2) is 69.1 Å². The molecule has 2 amide bonds. The zero-order valence-corrected chi connectivity index (χ0v) is 33.5. The lowest BCUT2D eigenvalue weighted by Gasteiger charge is -2.11. The number of nitrogens with zero attached hydrogens (tertiary/aromatic N) is 9. The number of anilines is 2. The molecule has 0 unspecified atom stereocenters. The van der Waals surface area contributed by atoms with Crippen molar-refractivity contribution >= 4 is 45.5 Å². The van der Waals surface area contributed by atoms with E-state index < -0.39 is 41.6 Å². The number of aromatic nitrogens is 9. The summed E-state index contributed by atoms with van der Waals surface area (Å²) in [5.74, 6) is -3.67. The summed E-state index contributed by atoms with van der Waals surface area (Å²) in [7, 11) is 0. The molecular formula is C42H32F7N11O4. The fraction of sp³-hybridized carbons (Fsp3) is 0.167. The molecule has 0 aliphatic carbocycles. The topological polar surface area (TPSA) is 177 Å². The third-order valence-electron chi connectivity index (χ3n) is 8.98. The smallest absolute Gasteiger partial charge is 0.450 e. The Bertz CT molecular complexity index is 2770. The standard InChI is InChI=1S/C21H15F4N5O2.C21H17F3N6O2/c1-2-32-12-7-8-16-15(9-12)28-20(21(23,24)25)30(16)18-11-26-17(10-27-18)29-19(31)13-5-3-4-6-14(13)22;1-3-32-13-4-5-16-15(8-13)28-20(21(22,23)24)30(16)18-11-26-17(10-27-18)29-19(31)14-6-7-25-9-12(14)2/h3-11H,2H2,1H3,(H,26,29,31);4-11H,3H2,1-2H3,(H,26,29,31). The maximum atomic E-state index is 13.8. The van der Waals surface area contributed by atoms with Crippen molar-refractivity contribution in [3.63, 3.8) is 0 Å². The second-order valence-corrected chi connectivity index (χ2v) is 13.3. The number of rotatable bonds is 10. The average molecular weight is 888 g/mol. The van der Waals surface area contributed by atoms with E-state index in [1.54, 1.807) is 39.1 Å². The van der Waals surface area contributed by atoms with E-state index in [4.69, 9.17) is 9.47 Å². The number of fused-ring (bicyclic) bond motifs is 2. The minimum Gasteiger partial charge on any atom is -0.494 e. The largest absolute Gasteiger partial charge is 0.494 e. The molecule has 8 aromatic rings. The first-order chi connectivity index (χ1) is 30.5. The lowest BCUT2D eigenvalue weighted by molar-refractivity contribution is -0.146. The second kappa shape index (κ2) is 18.1. The summed E-state index contributed by atoms with van der Waals surface area (Å²) in [6, 6.07) is 15.7. The molecule has 2 N–H and O–H groups in total. The number of benzene rings is 3. The predicted molar refractivity (Wildman–Crippen MR) is 217 cm³/mol. The minimum absolute atomic E-state index is 0.0568. The Kier molecular flexibility index (Phi) is 12.5. The van der Waals surface area contributed by atoms with Crippen molar-refractivity contribution in [2.45, 2.75) is 33.1 Å². The summed E-state index contributed by atoms with van der Waals surface area (Å²) >= 11 is 0. The van der Waals surface area contributed by atoms with Gasteiger partial charge < -0.3 is 20.1 Å². The van der Waals surface area contributed by atoms with Gasteiger partial charge in [-0.2, -0.15) is 26.3 Å². The van der Waals surface area contributed by atoms with Crippen LogP contribution in [0.25, 0.3) is 33.7 Å². The van der Waals surface area contributed by atoms with Gasteiger partial charge in [-0.15, -0.1) is 0 Å². The van der Waals surface area contributed by atoms with E-state index in [1.807, 2.05) is 0 Å². The number of pyridine rings is 1. The fourth-order valence-electron chi connectivity index (χ4n) is 6.22. The molecule has 64 heavy (non-hydrogen) atoms. The molecule has 15 nitrogen and oxygen atoms in total. The van der Waals surface area contributed by atoms with Crippen LogP contribution in [-0.2, 0) is 12.4 Å². The molecule has 0 saturated heterocycles. The first kappa shape index (κ1) is 44.0. The van der Waals surface area contributed by atoms with Gasteiger partial charge in [-0.05, 0) is 68.8 Å². The number of hydrogen-bond donors (Lipinski definition) is 2. The summed E-state index contributed by atoms with van der Waals surface area (Å²) in [4.78, 5) is 52.1. The van der Waals surface area contributed by atoms with Gasteiger partial charge in [0.1, 0.15) is 17.3 Å². The first-order valence-electron chi connectivity index (χ1n) is 18.9. The number of halogens is 7. The third kappa shape index (κ3) is 9.54. The highest BCUT2D eigenvalue weighted by Crippen LogP contribution is 2.36. The number of ether oxygens (including phenoxy) is 2. The molecule has 22 heteroatoms. The van der Waals surface area contributed by atoms with Crippen LogP contribution in [0.5, 0.6) is 11.5 Å². The Morgan fingerprint density at radius 3 is 1.53 bits per heavy atom. The predicted octanol–water partition coefficient (Wildman–Crippen LogP) is 8.81. The summed E-state index contributed by atoms with van der Waals surface area (Å²) < 4.78 is 108. The summed E-state index contributed by atoms with van der Waals surface area (Å²) in [5.41, 5.74) is 1.38. The number of imidazole rings is 2. The second-order valence-electron chi connectivity index (χ2n) is 13.3. The van der Waals surface area contributed by atoms with Crippen molar-refractivity contribution in [3.05, 3.63) is 138 Å². The van der Waals surface area contributed by atoms with E-state index in [1.165, 1.54) is 60.9 Å². The highest BCUT2D eigenvalue weighted by Gasteiger charge is 2.39. The van der Waals surface area contributed by atoms with Crippen molar-refractivity contribution in [1.82, 2.24) is 44.0 Å². The lowest BCUT2D eigenvalue weighted by Crippen LogP contribution is -2.16. The molecular weight excluding hydrogens is 856 g/mol. The lowest BCUT2D eigenvalue weighted by atomic mass is 10.1. The van der Waals surface area contributed by atoms with Gasteiger partial charge in [0.2, 0.25) is 11.6 Å². The molecule has 3 aromatic carbocycles. The van der Waals surface area contributed by atoms with Crippen LogP contribution < -0.4 is 20.1 Å². The van der Waals surface area contributed by atoms with Crippen molar-refractivity contribution in [3.8, 4) is 23.1 Å². The van der Waals surface area contributed by atoms with E-state index in [-0.39, 0.29) is 50.9 Å². The van der Waals surface area contributed by atoms with Gasteiger partial charge in [0.25, 0.3) is 11.8 Å². The SMILES string of the molecule is CCOc1ccc2c(c1)nc(C(F)(F)F)n2-c1cnc(NC(=O)c2ccccc2F)cn1.CCOc1ccc2c(c1)nc(C(F)(F)F)n2-c1cnc(NC(=O)c2ccncc2C)cn1. The van der Waals surface area contributed by atoms with Crippen LogP contribution in [0.15, 0.2) is 104 Å². The number of alkyl halides is 6. The van der Waals surface area contributed by atoms with Crippen molar-refractivity contribution in [2.24, 2.45) is 0 Å². The highest BCUT2D eigenvalue weighted by atomic mass is 19.4. The van der Waals surface area contributed by atoms with E-state index in [2.05, 4.69) is 45.5 Å². The molecule has 5 heterocycles. The Morgan fingerprint density at radius 2 is 1.11 bits per heavy atom. The highest BCUT2D eigenvalue weighted by molar-refractivity contribution is 6.05. The Labute approximate surface area is 357 Å². The Morgan fingerprint density at radius 1 is 0.625 bits per heavy atom. The summed E-state index contributed by atoms with van der Waals surface area (Å²) in [5, 5.41) is 4.93. The van der Waals surface area contributed by atoms with Crippen LogP contribution in [0.1, 0.15) is 51.8 Å². The minimum atomic E-state index is -4.76. The zero-order chi connectivity index (χ0) is 45.8. The number of carbonyl (C=O) groups is 2. The van der Waals surface area contributed by atoms with Gasteiger partial charge >= 0.3 is 12.4 Å².